The van der Waals surface area contributed by atoms with E-state index in [2.05, 4.69) is 5.32 Å². The van der Waals surface area contributed by atoms with Crippen molar-refractivity contribution in [3.63, 3.8) is 0 Å². The number of hydrogen-bond acceptors (Lipinski definition) is 2. The predicted octanol–water partition coefficient (Wildman–Crippen LogP) is 3.93. The van der Waals surface area contributed by atoms with Gasteiger partial charge in [0.05, 0.1) is 10.6 Å². The molecule has 0 atom stereocenters. The van der Waals surface area contributed by atoms with Crippen molar-refractivity contribution in [2.24, 2.45) is 0 Å². The van der Waals surface area contributed by atoms with E-state index >= 15 is 0 Å². The number of anilines is 1. The number of hydrogen-bond donors (Lipinski definition) is 1. The molecule has 102 valence electrons. The first-order valence-corrected chi connectivity index (χ1v) is 6.23. The Morgan fingerprint density at radius 1 is 1.15 bits per heavy atom. The van der Waals surface area contributed by atoms with Crippen LogP contribution in [0.5, 0.6) is 0 Å². The van der Waals surface area contributed by atoms with Crippen molar-refractivity contribution in [1.29, 1.82) is 0 Å². The molecule has 5 heteroatoms. The monoisotopic (exact) mass is 291 g/mol. The maximum absolute atomic E-state index is 13.3. The molecule has 0 saturated carbocycles. The molecule has 0 fully saturated rings. The second-order valence-corrected chi connectivity index (χ2v) is 4.57. The number of halogens is 2. The third-order valence-corrected chi connectivity index (χ3v) is 3.11. The van der Waals surface area contributed by atoms with Gasteiger partial charge in [0, 0.05) is 11.3 Å². The van der Waals surface area contributed by atoms with E-state index in [0.717, 1.165) is 0 Å². The van der Waals surface area contributed by atoms with Crippen LogP contribution in [-0.2, 0) is 0 Å². The summed E-state index contributed by atoms with van der Waals surface area (Å²) in [5.74, 6) is -1.29. The second kappa shape index (κ2) is 5.84. The Labute approximate surface area is 120 Å². The highest BCUT2D eigenvalue weighted by molar-refractivity contribution is 6.34. The van der Waals surface area contributed by atoms with Crippen LogP contribution in [0.15, 0.2) is 42.5 Å². The zero-order valence-electron chi connectivity index (χ0n) is 10.6. The third kappa shape index (κ3) is 3.03. The Hall–Kier alpha value is -2.20. The number of nitrogens with one attached hydrogen (secondary N) is 1. The molecule has 0 aliphatic carbocycles. The smallest absolute Gasteiger partial charge is 0.257 e. The van der Waals surface area contributed by atoms with E-state index in [4.69, 9.17) is 11.6 Å². The summed E-state index contributed by atoms with van der Waals surface area (Å²) in [4.78, 5) is 23.3. The van der Waals surface area contributed by atoms with Gasteiger partial charge >= 0.3 is 0 Å². The molecule has 0 aromatic heterocycles. The normalized spacial score (nSPS) is 10.2. The molecule has 1 N–H and O–H groups in total. The zero-order chi connectivity index (χ0) is 14.7. The highest BCUT2D eigenvalue weighted by atomic mass is 35.5. The summed E-state index contributed by atoms with van der Waals surface area (Å²) in [7, 11) is 0. The Balaban J connectivity index is 2.26. The van der Waals surface area contributed by atoms with Crippen molar-refractivity contribution in [1.82, 2.24) is 0 Å². The lowest BCUT2D eigenvalue weighted by Crippen LogP contribution is -2.13. The fraction of sp³-hybridized carbons (Fsp3) is 0.0667. The lowest BCUT2D eigenvalue weighted by atomic mass is 10.1. The second-order valence-electron chi connectivity index (χ2n) is 4.19. The van der Waals surface area contributed by atoms with Gasteiger partial charge in [-0.05, 0) is 31.2 Å². The first-order valence-electron chi connectivity index (χ1n) is 5.85. The summed E-state index contributed by atoms with van der Waals surface area (Å²) < 4.78 is 13.3. The molecule has 0 heterocycles. The number of Topliss-reactive ketones (excluding diaryl/α,β-unsaturated/α-hetero) is 1. The van der Waals surface area contributed by atoms with Crippen LogP contribution in [0.2, 0.25) is 5.02 Å². The molecule has 0 aliphatic rings. The van der Waals surface area contributed by atoms with Crippen molar-refractivity contribution in [3.8, 4) is 0 Å². The van der Waals surface area contributed by atoms with Crippen LogP contribution in [0.4, 0.5) is 10.1 Å². The minimum atomic E-state index is -0.656. The fourth-order valence-corrected chi connectivity index (χ4v) is 1.91. The minimum Gasteiger partial charge on any atom is -0.322 e. The summed E-state index contributed by atoms with van der Waals surface area (Å²) in [6.45, 7) is 1.43. The molecule has 2 aromatic rings. The van der Waals surface area contributed by atoms with E-state index in [1.54, 1.807) is 24.3 Å². The van der Waals surface area contributed by atoms with E-state index in [1.165, 1.54) is 25.1 Å². The van der Waals surface area contributed by atoms with Crippen LogP contribution in [0, 0.1) is 5.82 Å². The number of rotatable bonds is 3. The SMILES string of the molecule is CC(=O)c1cccc(NC(=O)c2cccc(F)c2Cl)c1. The predicted molar refractivity (Wildman–Crippen MR) is 75.8 cm³/mol. The molecule has 2 aromatic carbocycles. The van der Waals surface area contributed by atoms with E-state index in [9.17, 15) is 14.0 Å². The van der Waals surface area contributed by atoms with Gasteiger partial charge in [0.2, 0.25) is 0 Å². The summed E-state index contributed by atoms with van der Waals surface area (Å²) >= 11 is 5.75. The van der Waals surface area contributed by atoms with Crippen LogP contribution >= 0.6 is 11.6 Å². The standard InChI is InChI=1S/C15H11ClFNO2/c1-9(19)10-4-2-5-11(8-10)18-15(20)12-6-3-7-13(17)14(12)16/h2-8H,1H3,(H,18,20). The largest absolute Gasteiger partial charge is 0.322 e. The van der Waals surface area contributed by atoms with Crippen LogP contribution in [0.3, 0.4) is 0 Å². The number of ketones is 1. The molecule has 0 spiro atoms. The molecule has 20 heavy (non-hydrogen) atoms. The van der Waals surface area contributed by atoms with Gasteiger partial charge in [0.25, 0.3) is 5.91 Å². The van der Waals surface area contributed by atoms with Gasteiger partial charge in [0.1, 0.15) is 5.82 Å². The lowest BCUT2D eigenvalue weighted by molar-refractivity contribution is 0.101. The molecule has 0 saturated heterocycles. The Kier molecular flexibility index (Phi) is 4.15. The van der Waals surface area contributed by atoms with Crippen molar-refractivity contribution in [2.75, 3.05) is 5.32 Å². The Morgan fingerprint density at radius 3 is 2.55 bits per heavy atom. The Bertz CT molecular complexity index is 685. The maximum atomic E-state index is 13.3. The average molecular weight is 292 g/mol. The molecule has 0 aliphatic heterocycles. The van der Waals surface area contributed by atoms with Crippen LogP contribution in [0.25, 0.3) is 0 Å². The number of amides is 1. The minimum absolute atomic E-state index is 0.0416. The quantitative estimate of drug-likeness (QED) is 0.871. The highest BCUT2D eigenvalue weighted by Gasteiger charge is 2.13. The molecule has 3 nitrogen and oxygen atoms in total. The van der Waals surface area contributed by atoms with E-state index in [-0.39, 0.29) is 16.4 Å². The topological polar surface area (TPSA) is 46.2 Å². The fourth-order valence-electron chi connectivity index (χ4n) is 1.69. The van der Waals surface area contributed by atoms with E-state index < -0.39 is 11.7 Å². The molecular weight excluding hydrogens is 281 g/mol. The summed E-state index contributed by atoms with van der Waals surface area (Å²) in [6.07, 6.45) is 0. The number of carbonyl (C=O) groups excluding carboxylic acids is 2. The van der Waals surface area contributed by atoms with Crippen LogP contribution in [-0.4, -0.2) is 11.7 Å². The highest BCUT2D eigenvalue weighted by Crippen LogP contribution is 2.21. The summed E-state index contributed by atoms with van der Waals surface area (Å²) in [5.41, 5.74) is 0.969. The van der Waals surface area contributed by atoms with Gasteiger partial charge < -0.3 is 5.32 Å². The molecule has 0 unspecified atom stereocenters. The van der Waals surface area contributed by atoms with Crippen molar-refractivity contribution >= 4 is 29.0 Å². The van der Waals surface area contributed by atoms with Crippen molar-refractivity contribution < 1.29 is 14.0 Å². The first kappa shape index (κ1) is 14.2. The first-order chi connectivity index (χ1) is 9.49. The van der Waals surface area contributed by atoms with Crippen molar-refractivity contribution in [2.45, 2.75) is 6.92 Å². The van der Waals surface area contributed by atoms with Crippen molar-refractivity contribution in [3.05, 3.63) is 64.4 Å². The maximum Gasteiger partial charge on any atom is 0.257 e. The number of benzene rings is 2. The van der Waals surface area contributed by atoms with E-state index in [1.807, 2.05) is 0 Å². The van der Waals surface area contributed by atoms with Gasteiger partial charge in [-0.3, -0.25) is 9.59 Å². The van der Waals surface area contributed by atoms with Gasteiger partial charge in [-0.15, -0.1) is 0 Å². The van der Waals surface area contributed by atoms with Crippen LogP contribution < -0.4 is 5.32 Å². The molecule has 0 bridgehead atoms. The van der Waals surface area contributed by atoms with Gasteiger partial charge in [-0.25, -0.2) is 4.39 Å². The third-order valence-electron chi connectivity index (χ3n) is 2.72. The number of carbonyl (C=O) groups is 2. The average Bonchev–Trinajstić information content (AvgIpc) is 2.42. The van der Waals surface area contributed by atoms with E-state index in [0.29, 0.717) is 11.3 Å². The van der Waals surface area contributed by atoms with Gasteiger partial charge in [-0.1, -0.05) is 29.8 Å². The zero-order valence-corrected chi connectivity index (χ0v) is 11.4. The molecule has 2 rings (SSSR count). The van der Waals surface area contributed by atoms with Gasteiger partial charge in [0.15, 0.2) is 5.78 Å². The molecular formula is C15H11ClFNO2. The van der Waals surface area contributed by atoms with Crippen LogP contribution in [0.1, 0.15) is 27.6 Å². The Morgan fingerprint density at radius 2 is 1.85 bits per heavy atom. The summed E-state index contributed by atoms with van der Waals surface area (Å²) in [6, 6.07) is 10.5. The lowest BCUT2D eigenvalue weighted by Gasteiger charge is -2.08. The van der Waals surface area contributed by atoms with Gasteiger partial charge in [-0.2, -0.15) is 0 Å². The summed E-state index contributed by atoms with van der Waals surface area (Å²) in [5, 5.41) is 2.35. The molecule has 1 amide bonds. The molecule has 0 radical (unpaired) electrons.